The summed E-state index contributed by atoms with van der Waals surface area (Å²) in [6, 6.07) is 8.05. The summed E-state index contributed by atoms with van der Waals surface area (Å²) in [6.45, 7) is 4.67. The van der Waals surface area contributed by atoms with Crippen LogP contribution in [0.2, 0.25) is 0 Å². The van der Waals surface area contributed by atoms with Crippen LogP contribution >= 0.6 is 0 Å². The molecular weight excluding hydrogens is 188 g/mol. The van der Waals surface area contributed by atoms with Gasteiger partial charge in [-0.1, -0.05) is 25.1 Å². The summed E-state index contributed by atoms with van der Waals surface area (Å²) in [5.41, 5.74) is 1.19. The summed E-state index contributed by atoms with van der Waals surface area (Å²) in [5.74, 6) is 0.958. The summed E-state index contributed by atoms with van der Waals surface area (Å²) in [7, 11) is 0. The number of aryl methyl sites for hydroxylation is 1. The zero-order valence-electron chi connectivity index (χ0n) is 9.57. The second-order valence-corrected chi connectivity index (χ2v) is 3.84. The maximum atomic E-state index is 9.24. The molecule has 1 N–H and O–H groups in total. The number of benzene rings is 1. The van der Waals surface area contributed by atoms with Gasteiger partial charge in [0.2, 0.25) is 0 Å². The minimum absolute atomic E-state index is 0.246. The van der Waals surface area contributed by atoms with Crippen molar-refractivity contribution in [1.29, 1.82) is 0 Å². The Bertz CT molecular complexity index is 282. The molecule has 1 aromatic carbocycles. The van der Waals surface area contributed by atoms with Gasteiger partial charge in [-0.05, 0) is 37.8 Å². The van der Waals surface area contributed by atoms with E-state index in [1.165, 1.54) is 5.56 Å². The first-order valence-corrected chi connectivity index (χ1v) is 5.62. The minimum Gasteiger partial charge on any atom is -0.493 e. The quantitative estimate of drug-likeness (QED) is 0.779. The normalized spacial score (nSPS) is 12.5. The summed E-state index contributed by atoms with van der Waals surface area (Å²) in [6.07, 6.45) is 2.43. The standard InChI is InChI=1S/C13H20O2/c1-3-10-15-13-7-5-4-6-12(13)9-8-11(2)14/h4-7,11,14H,3,8-10H2,1-2H3. The first kappa shape index (κ1) is 12.1. The van der Waals surface area contributed by atoms with Gasteiger partial charge in [0.15, 0.2) is 0 Å². The monoisotopic (exact) mass is 208 g/mol. The van der Waals surface area contributed by atoms with Gasteiger partial charge in [-0.25, -0.2) is 0 Å². The van der Waals surface area contributed by atoms with Crippen molar-refractivity contribution < 1.29 is 9.84 Å². The van der Waals surface area contributed by atoms with Gasteiger partial charge >= 0.3 is 0 Å². The molecule has 0 radical (unpaired) electrons. The lowest BCUT2D eigenvalue weighted by Gasteiger charge is -2.11. The third-order valence-corrected chi connectivity index (χ3v) is 2.27. The second-order valence-electron chi connectivity index (χ2n) is 3.84. The predicted octanol–water partition coefficient (Wildman–Crippen LogP) is 2.79. The maximum absolute atomic E-state index is 9.24. The van der Waals surface area contributed by atoms with E-state index in [-0.39, 0.29) is 6.10 Å². The summed E-state index contributed by atoms with van der Waals surface area (Å²) in [4.78, 5) is 0. The molecule has 15 heavy (non-hydrogen) atoms. The van der Waals surface area contributed by atoms with Crippen LogP contribution in [-0.2, 0) is 6.42 Å². The van der Waals surface area contributed by atoms with Crippen molar-refractivity contribution in [2.24, 2.45) is 0 Å². The predicted molar refractivity (Wildman–Crippen MR) is 62.2 cm³/mol. The lowest BCUT2D eigenvalue weighted by atomic mass is 10.1. The zero-order chi connectivity index (χ0) is 11.1. The lowest BCUT2D eigenvalue weighted by molar-refractivity contribution is 0.184. The minimum atomic E-state index is -0.246. The average Bonchev–Trinajstić information content (AvgIpc) is 2.24. The van der Waals surface area contributed by atoms with Gasteiger partial charge in [0.25, 0.3) is 0 Å². The van der Waals surface area contributed by atoms with E-state index in [9.17, 15) is 5.11 Å². The fourth-order valence-corrected chi connectivity index (χ4v) is 1.43. The zero-order valence-corrected chi connectivity index (χ0v) is 9.57. The van der Waals surface area contributed by atoms with Crippen molar-refractivity contribution >= 4 is 0 Å². The molecule has 0 aliphatic rings. The van der Waals surface area contributed by atoms with Crippen LogP contribution in [0.4, 0.5) is 0 Å². The van der Waals surface area contributed by atoms with Gasteiger partial charge in [0.1, 0.15) is 5.75 Å². The molecule has 0 saturated carbocycles. The Morgan fingerprint density at radius 3 is 2.73 bits per heavy atom. The van der Waals surface area contributed by atoms with E-state index in [1.807, 2.05) is 25.1 Å². The highest BCUT2D eigenvalue weighted by Gasteiger charge is 2.04. The first-order valence-electron chi connectivity index (χ1n) is 5.62. The SMILES string of the molecule is CCCOc1ccccc1CCC(C)O. The van der Waals surface area contributed by atoms with E-state index in [0.717, 1.165) is 31.6 Å². The van der Waals surface area contributed by atoms with Crippen molar-refractivity contribution in [3.05, 3.63) is 29.8 Å². The van der Waals surface area contributed by atoms with Crippen LogP contribution in [0.25, 0.3) is 0 Å². The van der Waals surface area contributed by atoms with E-state index >= 15 is 0 Å². The van der Waals surface area contributed by atoms with E-state index in [0.29, 0.717) is 0 Å². The van der Waals surface area contributed by atoms with E-state index in [2.05, 4.69) is 13.0 Å². The largest absolute Gasteiger partial charge is 0.493 e. The van der Waals surface area contributed by atoms with Gasteiger partial charge in [0, 0.05) is 0 Å². The smallest absolute Gasteiger partial charge is 0.122 e. The van der Waals surface area contributed by atoms with Gasteiger partial charge < -0.3 is 9.84 Å². The van der Waals surface area contributed by atoms with Crippen LogP contribution in [0.3, 0.4) is 0 Å². The third-order valence-electron chi connectivity index (χ3n) is 2.27. The molecule has 0 amide bonds. The summed E-state index contributed by atoms with van der Waals surface area (Å²) in [5, 5.41) is 9.24. The summed E-state index contributed by atoms with van der Waals surface area (Å²) < 4.78 is 5.64. The van der Waals surface area contributed by atoms with Gasteiger partial charge in [-0.3, -0.25) is 0 Å². The molecule has 0 aromatic heterocycles. The van der Waals surface area contributed by atoms with Crippen molar-refractivity contribution in [3.8, 4) is 5.75 Å². The molecule has 1 atom stereocenters. The molecule has 0 bridgehead atoms. The molecule has 2 nitrogen and oxygen atoms in total. The van der Waals surface area contributed by atoms with Crippen LogP contribution < -0.4 is 4.74 Å². The lowest BCUT2D eigenvalue weighted by Crippen LogP contribution is -2.04. The Balaban J connectivity index is 2.59. The van der Waals surface area contributed by atoms with Gasteiger partial charge in [-0.2, -0.15) is 0 Å². The number of hydrogen-bond donors (Lipinski definition) is 1. The fraction of sp³-hybridized carbons (Fsp3) is 0.538. The van der Waals surface area contributed by atoms with Crippen molar-refractivity contribution in [3.63, 3.8) is 0 Å². The molecule has 0 fully saturated rings. The average molecular weight is 208 g/mol. The number of aliphatic hydroxyl groups excluding tert-OH is 1. The topological polar surface area (TPSA) is 29.5 Å². The van der Waals surface area contributed by atoms with Crippen LogP contribution in [0.1, 0.15) is 32.3 Å². The highest BCUT2D eigenvalue weighted by molar-refractivity contribution is 5.33. The number of hydrogen-bond acceptors (Lipinski definition) is 2. The first-order chi connectivity index (χ1) is 7.24. The van der Waals surface area contributed by atoms with Crippen LogP contribution in [0.15, 0.2) is 24.3 Å². The van der Waals surface area contributed by atoms with Crippen molar-refractivity contribution in [1.82, 2.24) is 0 Å². The van der Waals surface area contributed by atoms with Crippen LogP contribution in [0, 0.1) is 0 Å². The van der Waals surface area contributed by atoms with Gasteiger partial charge in [0.05, 0.1) is 12.7 Å². The molecule has 0 spiro atoms. The third kappa shape index (κ3) is 4.34. The van der Waals surface area contributed by atoms with E-state index < -0.39 is 0 Å². The number of para-hydroxylation sites is 1. The Morgan fingerprint density at radius 2 is 2.07 bits per heavy atom. The Labute approximate surface area is 91.9 Å². The molecule has 1 aromatic rings. The molecule has 84 valence electrons. The van der Waals surface area contributed by atoms with Crippen LogP contribution in [-0.4, -0.2) is 17.8 Å². The van der Waals surface area contributed by atoms with E-state index in [1.54, 1.807) is 0 Å². The second kappa shape index (κ2) is 6.46. The summed E-state index contributed by atoms with van der Waals surface area (Å²) >= 11 is 0. The molecule has 2 heteroatoms. The van der Waals surface area contributed by atoms with Gasteiger partial charge in [-0.15, -0.1) is 0 Å². The Kier molecular flexibility index (Phi) is 5.19. The fourth-order valence-electron chi connectivity index (χ4n) is 1.43. The molecule has 0 saturated heterocycles. The Morgan fingerprint density at radius 1 is 1.33 bits per heavy atom. The van der Waals surface area contributed by atoms with Crippen molar-refractivity contribution in [2.75, 3.05) is 6.61 Å². The Hall–Kier alpha value is -1.02. The van der Waals surface area contributed by atoms with E-state index in [4.69, 9.17) is 4.74 Å². The molecular formula is C13H20O2. The highest BCUT2D eigenvalue weighted by atomic mass is 16.5. The molecule has 0 aliphatic carbocycles. The number of rotatable bonds is 6. The molecule has 1 rings (SSSR count). The maximum Gasteiger partial charge on any atom is 0.122 e. The number of ether oxygens (including phenoxy) is 1. The molecule has 1 unspecified atom stereocenters. The number of aliphatic hydroxyl groups is 1. The van der Waals surface area contributed by atoms with Crippen LogP contribution in [0.5, 0.6) is 5.75 Å². The highest BCUT2D eigenvalue weighted by Crippen LogP contribution is 2.20. The molecule has 0 heterocycles. The molecule has 0 aliphatic heterocycles. The van der Waals surface area contributed by atoms with Crippen molar-refractivity contribution in [2.45, 2.75) is 39.2 Å².